The van der Waals surface area contributed by atoms with Gasteiger partial charge in [0.05, 0.1) is 25.6 Å². The van der Waals surface area contributed by atoms with Gasteiger partial charge in [-0.05, 0) is 35.9 Å². The van der Waals surface area contributed by atoms with Crippen molar-refractivity contribution in [3.63, 3.8) is 0 Å². The molecule has 3 rings (SSSR count). The molecule has 0 aliphatic heterocycles. The number of methoxy groups -OCH3 is 1. The second kappa shape index (κ2) is 6.93. The molecule has 0 spiro atoms. The van der Waals surface area contributed by atoms with Crippen molar-refractivity contribution in [2.24, 2.45) is 0 Å². The van der Waals surface area contributed by atoms with Crippen LogP contribution in [-0.4, -0.2) is 27.0 Å². The van der Waals surface area contributed by atoms with Crippen molar-refractivity contribution in [1.82, 2.24) is 14.8 Å². The van der Waals surface area contributed by atoms with Crippen LogP contribution in [0.4, 0.5) is 0 Å². The molecule has 0 bridgehead atoms. The Morgan fingerprint density at radius 3 is 2.43 bits per heavy atom. The third kappa shape index (κ3) is 3.67. The van der Waals surface area contributed by atoms with E-state index in [1.165, 1.54) is 0 Å². The molecule has 2 aromatic heterocycles. The zero-order valence-electron chi connectivity index (χ0n) is 12.7. The van der Waals surface area contributed by atoms with Gasteiger partial charge in [-0.15, -0.1) is 0 Å². The van der Waals surface area contributed by atoms with Crippen LogP contribution in [0.25, 0.3) is 5.82 Å². The van der Waals surface area contributed by atoms with Gasteiger partial charge < -0.3 is 14.6 Å². The number of aliphatic hydroxyl groups excluding tert-OH is 1. The summed E-state index contributed by atoms with van der Waals surface area (Å²) in [5.74, 6) is 2.17. The lowest BCUT2D eigenvalue weighted by molar-refractivity contribution is 0.276. The Labute approximate surface area is 133 Å². The molecule has 6 heteroatoms. The third-order valence-electron chi connectivity index (χ3n) is 3.33. The lowest BCUT2D eigenvalue weighted by atomic mass is 10.2. The lowest BCUT2D eigenvalue weighted by Gasteiger charge is -2.07. The van der Waals surface area contributed by atoms with E-state index in [2.05, 4.69) is 10.1 Å². The number of nitrogens with zero attached hydrogens (tertiary/aromatic N) is 3. The van der Waals surface area contributed by atoms with Crippen molar-refractivity contribution < 1.29 is 14.6 Å². The van der Waals surface area contributed by atoms with Crippen LogP contribution < -0.4 is 9.47 Å². The van der Waals surface area contributed by atoms with Gasteiger partial charge in [-0.1, -0.05) is 12.1 Å². The zero-order valence-corrected chi connectivity index (χ0v) is 12.7. The quantitative estimate of drug-likeness (QED) is 0.757. The molecule has 0 saturated heterocycles. The Bertz CT molecular complexity index is 752. The highest BCUT2D eigenvalue weighted by Crippen LogP contribution is 2.16. The Kier molecular flexibility index (Phi) is 4.54. The van der Waals surface area contributed by atoms with Crippen LogP contribution in [0.5, 0.6) is 11.5 Å². The number of ether oxygens (including phenoxy) is 2. The van der Waals surface area contributed by atoms with Crippen LogP contribution >= 0.6 is 0 Å². The summed E-state index contributed by atoms with van der Waals surface area (Å²) in [5.41, 5.74) is 1.65. The highest BCUT2D eigenvalue weighted by molar-refractivity contribution is 5.30. The van der Waals surface area contributed by atoms with E-state index in [0.29, 0.717) is 23.9 Å². The number of rotatable bonds is 6. The molecule has 0 aliphatic rings. The summed E-state index contributed by atoms with van der Waals surface area (Å²) in [6, 6.07) is 13.1. The van der Waals surface area contributed by atoms with Crippen LogP contribution in [0.2, 0.25) is 0 Å². The summed E-state index contributed by atoms with van der Waals surface area (Å²) in [4.78, 5) is 4.31. The highest BCUT2D eigenvalue weighted by atomic mass is 16.5. The molecule has 6 nitrogen and oxygen atoms in total. The maximum atomic E-state index is 9.03. The predicted octanol–water partition coefficient (Wildman–Crippen LogP) is 2.35. The van der Waals surface area contributed by atoms with Crippen LogP contribution in [0.3, 0.4) is 0 Å². The third-order valence-corrected chi connectivity index (χ3v) is 3.33. The van der Waals surface area contributed by atoms with Crippen molar-refractivity contribution in [3.8, 4) is 17.3 Å². The van der Waals surface area contributed by atoms with Gasteiger partial charge in [0.25, 0.3) is 0 Å². The largest absolute Gasteiger partial charge is 0.497 e. The van der Waals surface area contributed by atoms with E-state index in [9.17, 15) is 0 Å². The monoisotopic (exact) mass is 311 g/mol. The van der Waals surface area contributed by atoms with Crippen molar-refractivity contribution in [2.75, 3.05) is 7.11 Å². The summed E-state index contributed by atoms with van der Waals surface area (Å²) in [6.45, 7) is 0.373. The van der Waals surface area contributed by atoms with E-state index < -0.39 is 0 Å². The molecule has 23 heavy (non-hydrogen) atoms. The number of benzene rings is 1. The summed E-state index contributed by atoms with van der Waals surface area (Å²) >= 11 is 0. The molecule has 0 unspecified atom stereocenters. The number of aliphatic hydroxyl groups is 1. The van der Waals surface area contributed by atoms with Gasteiger partial charge in [-0.25, -0.2) is 9.67 Å². The number of hydrogen-bond acceptors (Lipinski definition) is 5. The minimum absolute atomic E-state index is 0.0872. The van der Waals surface area contributed by atoms with Crippen LogP contribution in [0.15, 0.2) is 54.9 Å². The Morgan fingerprint density at radius 2 is 1.83 bits per heavy atom. The molecule has 0 amide bonds. The van der Waals surface area contributed by atoms with Crippen LogP contribution in [-0.2, 0) is 13.2 Å². The second-order valence-electron chi connectivity index (χ2n) is 4.90. The molecule has 3 aromatic rings. The highest BCUT2D eigenvalue weighted by Gasteiger charge is 2.03. The number of aromatic nitrogens is 3. The van der Waals surface area contributed by atoms with Crippen molar-refractivity contribution in [2.45, 2.75) is 13.2 Å². The van der Waals surface area contributed by atoms with E-state index in [1.807, 2.05) is 36.4 Å². The standard InChI is InChI=1S/C17H17N3O3/c1-22-15-4-2-13(3-5-15)12-23-16-6-7-17(18-10-16)20-9-8-14(11-21)19-20/h2-10,21H,11-12H2,1H3. The van der Waals surface area contributed by atoms with E-state index in [1.54, 1.807) is 30.3 Å². The molecule has 0 aliphatic carbocycles. The van der Waals surface area contributed by atoms with Gasteiger partial charge in [0.15, 0.2) is 5.82 Å². The van der Waals surface area contributed by atoms with Crippen molar-refractivity contribution in [3.05, 3.63) is 66.1 Å². The SMILES string of the molecule is COc1ccc(COc2ccc(-n3ccc(CO)n3)nc2)cc1. The van der Waals surface area contributed by atoms with E-state index in [-0.39, 0.29) is 6.61 Å². The molecule has 0 saturated carbocycles. The first-order valence-corrected chi connectivity index (χ1v) is 7.16. The van der Waals surface area contributed by atoms with Gasteiger partial charge in [0.1, 0.15) is 18.1 Å². The molecule has 0 radical (unpaired) electrons. The van der Waals surface area contributed by atoms with E-state index >= 15 is 0 Å². The molecule has 0 fully saturated rings. The average molecular weight is 311 g/mol. The summed E-state index contributed by atoms with van der Waals surface area (Å²) in [5, 5.41) is 13.2. The predicted molar refractivity (Wildman–Crippen MR) is 84.6 cm³/mol. The van der Waals surface area contributed by atoms with Crippen molar-refractivity contribution in [1.29, 1.82) is 0 Å². The minimum atomic E-state index is -0.0872. The van der Waals surface area contributed by atoms with E-state index in [4.69, 9.17) is 14.6 Å². The average Bonchev–Trinajstić information content (AvgIpc) is 3.10. The zero-order chi connectivity index (χ0) is 16.1. The van der Waals surface area contributed by atoms with Gasteiger partial charge in [-0.3, -0.25) is 0 Å². The van der Waals surface area contributed by atoms with Gasteiger partial charge >= 0.3 is 0 Å². The molecule has 0 atom stereocenters. The topological polar surface area (TPSA) is 69.4 Å². The Balaban J connectivity index is 1.62. The lowest BCUT2D eigenvalue weighted by Crippen LogP contribution is -2.00. The second-order valence-corrected chi connectivity index (χ2v) is 4.90. The van der Waals surface area contributed by atoms with Gasteiger partial charge in [0.2, 0.25) is 0 Å². The summed E-state index contributed by atoms with van der Waals surface area (Å²) in [6.07, 6.45) is 3.41. The molecule has 1 N–H and O–H groups in total. The molecule has 1 aromatic carbocycles. The fourth-order valence-corrected chi connectivity index (χ4v) is 2.06. The normalized spacial score (nSPS) is 10.5. The Hall–Kier alpha value is -2.86. The summed E-state index contributed by atoms with van der Waals surface area (Å²) in [7, 11) is 1.64. The first kappa shape index (κ1) is 15.1. The number of pyridine rings is 1. The first-order valence-electron chi connectivity index (χ1n) is 7.16. The Morgan fingerprint density at radius 1 is 1.04 bits per heavy atom. The van der Waals surface area contributed by atoms with Crippen LogP contribution in [0.1, 0.15) is 11.3 Å². The van der Waals surface area contributed by atoms with Gasteiger partial charge in [0, 0.05) is 6.20 Å². The smallest absolute Gasteiger partial charge is 0.153 e. The molecule has 118 valence electrons. The number of hydrogen-bond donors (Lipinski definition) is 1. The fraction of sp³-hybridized carbons (Fsp3) is 0.176. The van der Waals surface area contributed by atoms with Crippen LogP contribution in [0, 0.1) is 0 Å². The minimum Gasteiger partial charge on any atom is -0.497 e. The fourth-order valence-electron chi connectivity index (χ4n) is 2.06. The molecular weight excluding hydrogens is 294 g/mol. The molecule has 2 heterocycles. The van der Waals surface area contributed by atoms with Crippen molar-refractivity contribution >= 4 is 0 Å². The summed E-state index contributed by atoms with van der Waals surface area (Å²) < 4.78 is 12.4. The molecular formula is C17H17N3O3. The first-order chi connectivity index (χ1) is 11.3. The maximum Gasteiger partial charge on any atom is 0.153 e. The van der Waals surface area contributed by atoms with E-state index in [0.717, 1.165) is 11.3 Å². The van der Waals surface area contributed by atoms with Gasteiger partial charge in [-0.2, -0.15) is 5.10 Å². The maximum absolute atomic E-state index is 9.03.